The molecule has 0 aromatic heterocycles. The summed E-state index contributed by atoms with van der Waals surface area (Å²) in [4.78, 5) is 27.4. The van der Waals surface area contributed by atoms with E-state index < -0.39 is 33.5 Å². The first-order valence-corrected chi connectivity index (χ1v) is 14.2. The molecule has 1 aliphatic carbocycles. The Bertz CT molecular complexity index is 1040. The molecule has 0 spiro atoms. The number of carbonyl (C=O) groups is 2. The molecule has 37 heavy (non-hydrogen) atoms. The van der Waals surface area contributed by atoms with Crippen molar-refractivity contribution in [1.29, 1.82) is 0 Å². The summed E-state index contributed by atoms with van der Waals surface area (Å²) in [7, 11) is -2.23. The van der Waals surface area contributed by atoms with Gasteiger partial charge >= 0.3 is 12.1 Å². The highest BCUT2D eigenvalue weighted by Crippen LogP contribution is 2.30. The predicted octanol–water partition coefficient (Wildman–Crippen LogP) is 4.13. The zero-order valence-electron chi connectivity index (χ0n) is 22.1. The monoisotopic (exact) mass is 537 g/mol. The molecule has 12 heteroatoms. The molecular weight excluding hydrogens is 498 g/mol. The van der Waals surface area contributed by atoms with Crippen molar-refractivity contribution in [2.24, 2.45) is 11.0 Å². The fourth-order valence-electron chi connectivity index (χ4n) is 4.48. The van der Waals surface area contributed by atoms with Gasteiger partial charge in [-0.15, -0.1) is 0 Å². The largest absolute Gasteiger partial charge is 0.467 e. The third-order valence-corrected chi connectivity index (χ3v) is 8.07. The number of azide groups is 1. The SMILES string of the molecule is COC(=O)[C@@H](CCCCN[C@H]1CC[C@@H](N=[N+]=[N-])CC1CS(=O)(=O)c1ccccc1)NC(=O)OC(C)(C)C. The van der Waals surface area contributed by atoms with Gasteiger partial charge in [0.15, 0.2) is 9.84 Å². The average Bonchev–Trinajstić information content (AvgIpc) is 2.83. The standard InChI is InChI=1S/C25H39N5O6S/c1-25(2,3)36-24(32)28-22(23(31)35-4)12-8-9-15-27-21-14-13-19(29-30-26)16-18(21)17-37(33,34)20-10-6-5-7-11-20/h5-7,10-11,18-19,21-22,27H,8-9,12-17H2,1-4H3,(H,28,32)/t18?,19-,21+,22-/m1/s1. The van der Waals surface area contributed by atoms with Crippen LogP contribution in [0, 0.1) is 5.92 Å². The quantitative estimate of drug-likeness (QED) is 0.133. The van der Waals surface area contributed by atoms with Crippen LogP contribution in [0.3, 0.4) is 0 Å². The van der Waals surface area contributed by atoms with Crippen LogP contribution in [0.2, 0.25) is 0 Å². The number of hydrogen-bond donors (Lipinski definition) is 2. The number of nitrogens with zero attached hydrogens (tertiary/aromatic N) is 3. The average molecular weight is 538 g/mol. The molecule has 1 unspecified atom stereocenters. The number of alkyl carbamates (subject to hydrolysis) is 1. The molecule has 0 aliphatic heterocycles. The molecule has 1 aromatic carbocycles. The minimum atomic E-state index is -3.49. The van der Waals surface area contributed by atoms with Crippen molar-refractivity contribution in [3.05, 3.63) is 40.8 Å². The van der Waals surface area contributed by atoms with E-state index in [4.69, 9.17) is 15.0 Å². The lowest BCUT2D eigenvalue weighted by Crippen LogP contribution is -2.45. The second-order valence-corrected chi connectivity index (χ2v) is 12.3. The minimum absolute atomic E-state index is 0.0314. The number of nitrogens with one attached hydrogen (secondary N) is 2. The minimum Gasteiger partial charge on any atom is -0.467 e. The predicted molar refractivity (Wildman–Crippen MR) is 140 cm³/mol. The Morgan fingerprint density at radius 3 is 2.51 bits per heavy atom. The normalized spacial score (nSPS) is 20.8. The molecule has 0 radical (unpaired) electrons. The molecule has 1 aromatic rings. The maximum atomic E-state index is 13.0. The Kier molecular flexibility index (Phi) is 11.7. The summed E-state index contributed by atoms with van der Waals surface area (Å²) in [5.41, 5.74) is 8.17. The molecule has 0 saturated heterocycles. The van der Waals surface area contributed by atoms with Crippen molar-refractivity contribution in [1.82, 2.24) is 10.6 Å². The van der Waals surface area contributed by atoms with E-state index in [1.54, 1.807) is 51.1 Å². The molecular formula is C25H39N5O6S. The number of benzene rings is 1. The Hall–Kier alpha value is -2.82. The van der Waals surface area contributed by atoms with E-state index in [-0.39, 0.29) is 28.6 Å². The van der Waals surface area contributed by atoms with Crippen LogP contribution in [-0.4, -0.2) is 63.6 Å². The van der Waals surface area contributed by atoms with Crippen molar-refractivity contribution in [3.63, 3.8) is 0 Å². The number of unbranched alkanes of at least 4 members (excludes halogenated alkanes) is 1. The van der Waals surface area contributed by atoms with Crippen LogP contribution in [0.4, 0.5) is 4.79 Å². The van der Waals surface area contributed by atoms with Gasteiger partial charge in [0.25, 0.3) is 0 Å². The fourth-order valence-corrected chi connectivity index (χ4v) is 6.17. The van der Waals surface area contributed by atoms with Crippen LogP contribution >= 0.6 is 0 Å². The summed E-state index contributed by atoms with van der Waals surface area (Å²) in [6, 6.07) is 7.27. The van der Waals surface area contributed by atoms with Gasteiger partial charge in [-0.25, -0.2) is 18.0 Å². The smallest absolute Gasteiger partial charge is 0.408 e. The van der Waals surface area contributed by atoms with E-state index >= 15 is 0 Å². The Morgan fingerprint density at radius 2 is 1.89 bits per heavy atom. The van der Waals surface area contributed by atoms with Crippen LogP contribution in [0.15, 0.2) is 40.3 Å². The van der Waals surface area contributed by atoms with Crippen LogP contribution in [0.25, 0.3) is 10.4 Å². The van der Waals surface area contributed by atoms with Gasteiger partial charge in [0.1, 0.15) is 11.6 Å². The van der Waals surface area contributed by atoms with Crippen LogP contribution < -0.4 is 10.6 Å². The van der Waals surface area contributed by atoms with E-state index in [1.807, 2.05) is 0 Å². The first-order valence-electron chi connectivity index (χ1n) is 12.6. The van der Waals surface area contributed by atoms with Gasteiger partial charge in [-0.3, -0.25) is 0 Å². The van der Waals surface area contributed by atoms with E-state index in [0.29, 0.717) is 45.1 Å². The summed E-state index contributed by atoms with van der Waals surface area (Å²) in [6.45, 7) is 5.83. The van der Waals surface area contributed by atoms with Crippen molar-refractivity contribution < 1.29 is 27.5 Å². The van der Waals surface area contributed by atoms with Crippen molar-refractivity contribution in [3.8, 4) is 0 Å². The molecule has 0 heterocycles. The zero-order valence-corrected chi connectivity index (χ0v) is 22.9. The van der Waals surface area contributed by atoms with Crippen LogP contribution in [-0.2, 0) is 24.1 Å². The Balaban J connectivity index is 1.92. The topological polar surface area (TPSA) is 160 Å². The highest BCUT2D eigenvalue weighted by atomic mass is 32.2. The number of carbonyl (C=O) groups excluding carboxylic acids is 2. The summed E-state index contributed by atoms with van der Waals surface area (Å²) in [5.74, 6) is -0.774. The van der Waals surface area contributed by atoms with E-state index in [0.717, 1.165) is 0 Å². The zero-order chi connectivity index (χ0) is 27.5. The first kappa shape index (κ1) is 30.4. The number of hydrogen-bond acceptors (Lipinski definition) is 8. The molecule has 1 saturated carbocycles. The highest BCUT2D eigenvalue weighted by molar-refractivity contribution is 7.91. The maximum Gasteiger partial charge on any atom is 0.408 e. The number of rotatable bonds is 12. The number of methoxy groups -OCH3 is 1. The third-order valence-electron chi connectivity index (χ3n) is 6.21. The fraction of sp³-hybridized carbons (Fsp3) is 0.680. The second-order valence-electron chi connectivity index (χ2n) is 10.3. The molecule has 11 nitrogen and oxygen atoms in total. The van der Waals surface area contributed by atoms with E-state index in [9.17, 15) is 18.0 Å². The lowest BCUT2D eigenvalue weighted by molar-refractivity contribution is -0.143. The second kappa shape index (κ2) is 14.2. The van der Waals surface area contributed by atoms with Gasteiger partial charge < -0.3 is 20.1 Å². The third kappa shape index (κ3) is 10.6. The van der Waals surface area contributed by atoms with Gasteiger partial charge in [0.05, 0.1) is 17.8 Å². The molecule has 0 bridgehead atoms. The molecule has 1 fully saturated rings. The van der Waals surface area contributed by atoms with Crippen molar-refractivity contribution in [2.75, 3.05) is 19.4 Å². The van der Waals surface area contributed by atoms with Gasteiger partial charge in [0, 0.05) is 17.0 Å². The number of amides is 1. The first-order chi connectivity index (χ1) is 17.4. The lowest BCUT2D eigenvalue weighted by Gasteiger charge is -2.35. The molecule has 4 atom stereocenters. The van der Waals surface area contributed by atoms with Crippen molar-refractivity contribution in [2.45, 2.75) is 87.9 Å². The number of esters is 1. The molecule has 1 aliphatic rings. The van der Waals surface area contributed by atoms with Crippen LogP contribution in [0.1, 0.15) is 59.3 Å². The Morgan fingerprint density at radius 1 is 1.19 bits per heavy atom. The summed E-state index contributed by atoms with van der Waals surface area (Å²) in [5, 5.41) is 9.88. The molecule has 1 amide bonds. The Labute approximate surface area is 219 Å². The van der Waals surface area contributed by atoms with E-state index in [1.165, 1.54) is 7.11 Å². The van der Waals surface area contributed by atoms with Gasteiger partial charge in [-0.1, -0.05) is 23.3 Å². The van der Waals surface area contributed by atoms with Crippen molar-refractivity contribution >= 4 is 21.9 Å². The maximum absolute atomic E-state index is 13.0. The molecule has 2 N–H and O–H groups in total. The highest BCUT2D eigenvalue weighted by Gasteiger charge is 2.33. The lowest BCUT2D eigenvalue weighted by atomic mass is 9.83. The summed E-state index contributed by atoms with van der Waals surface area (Å²) >= 11 is 0. The molecule has 2 rings (SSSR count). The summed E-state index contributed by atoms with van der Waals surface area (Å²) < 4.78 is 36.1. The number of ether oxygens (including phenoxy) is 2. The molecule has 206 valence electrons. The van der Waals surface area contributed by atoms with Gasteiger partial charge in [0.2, 0.25) is 0 Å². The van der Waals surface area contributed by atoms with Crippen LogP contribution in [0.5, 0.6) is 0 Å². The summed E-state index contributed by atoms with van der Waals surface area (Å²) in [6.07, 6.45) is 2.92. The van der Waals surface area contributed by atoms with Gasteiger partial charge in [-0.05, 0) is 89.4 Å². The van der Waals surface area contributed by atoms with Gasteiger partial charge in [-0.2, -0.15) is 0 Å². The number of sulfone groups is 1. The van der Waals surface area contributed by atoms with E-state index in [2.05, 4.69) is 20.7 Å².